The van der Waals surface area contributed by atoms with E-state index in [2.05, 4.69) is 158 Å². The van der Waals surface area contributed by atoms with E-state index >= 15 is 0 Å². The Kier molecular flexibility index (Phi) is 7.45. The van der Waals surface area contributed by atoms with Gasteiger partial charge in [0.05, 0.1) is 12.3 Å². The Balaban J connectivity index is 1.15. The lowest BCUT2D eigenvalue weighted by atomic mass is 9.89. The zero-order valence-electron chi connectivity index (χ0n) is 25.9. The van der Waals surface area contributed by atoms with Gasteiger partial charge >= 0.3 is 0 Å². The van der Waals surface area contributed by atoms with Crippen LogP contribution in [0.15, 0.2) is 183 Å². The van der Waals surface area contributed by atoms with Crippen molar-refractivity contribution in [3.63, 3.8) is 0 Å². The largest absolute Gasteiger partial charge is 0.279 e. The summed E-state index contributed by atoms with van der Waals surface area (Å²) in [5.74, 6) is 0.930. The van der Waals surface area contributed by atoms with E-state index in [1.165, 1.54) is 59.2 Å². The molecule has 0 N–H and O–H groups in total. The number of hydrogen-bond acceptors (Lipinski definition) is 3. The second kappa shape index (κ2) is 12.2. The first-order valence-electron chi connectivity index (χ1n) is 16.4. The third-order valence-corrected chi connectivity index (χ3v) is 12.2. The summed E-state index contributed by atoms with van der Waals surface area (Å²) in [6, 6.07) is 44.3. The second-order valence-corrected chi connectivity index (χ2v) is 14.9. The SMILES string of the molecule is C1=CCC2C(=C1)Sc1cc(C(=NCC3=CC4Sc5ccccc5C4C=C3)c3cc(-c4ccccc4)cc(-c4ccccc4)c3)ccc12. The van der Waals surface area contributed by atoms with Gasteiger partial charge in [-0.25, -0.2) is 0 Å². The van der Waals surface area contributed by atoms with Crippen LogP contribution in [-0.2, 0) is 0 Å². The molecule has 9 rings (SSSR count). The van der Waals surface area contributed by atoms with E-state index in [-0.39, 0.29) is 0 Å². The van der Waals surface area contributed by atoms with Crippen molar-refractivity contribution in [1.82, 2.24) is 0 Å². The molecule has 0 amide bonds. The van der Waals surface area contributed by atoms with Crippen molar-refractivity contribution in [1.29, 1.82) is 0 Å². The number of fused-ring (bicyclic) bond motifs is 6. The molecule has 4 aliphatic rings. The van der Waals surface area contributed by atoms with Crippen LogP contribution in [0.5, 0.6) is 0 Å². The number of aliphatic imine (C=N–C) groups is 1. The highest BCUT2D eigenvalue weighted by molar-refractivity contribution is 8.03. The van der Waals surface area contributed by atoms with E-state index in [9.17, 15) is 0 Å². The van der Waals surface area contributed by atoms with Crippen LogP contribution >= 0.6 is 23.5 Å². The van der Waals surface area contributed by atoms with E-state index < -0.39 is 0 Å². The van der Waals surface area contributed by atoms with Gasteiger partial charge < -0.3 is 0 Å². The van der Waals surface area contributed by atoms with E-state index in [0.717, 1.165) is 17.7 Å². The van der Waals surface area contributed by atoms with Crippen LogP contribution in [0.4, 0.5) is 0 Å². The molecular weight excluding hydrogens is 607 g/mol. The zero-order chi connectivity index (χ0) is 31.2. The van der Waals surface area contributed by atoms with Crippen molar-refractivity contribution in [3.05, 3.63) is 191 Å². The molecular formula is C44H33NS2. The van der Waals surface area contributed by atoms with Gasteiger partial charge in [-0.15, -0.1) is 11.8 Å². The van der Waals surface area contributed by atoms with Crippen molar-refractivity contribution in [2.24, 2.45) is 4.99 Å². The smallest absolute Gasteiger partial charge is 0.0723 e. The van der Waals surface area contributed by atoms with Gasteiger partial charge in [-0.3, -0.25) is 4.99 Å². The first-order valence-corrected chi connectivity index (χ1v) is 18.1. The summed E-state index contributed by atoms with van der Waals surface area (Å²) in [6.45, 7) is 0.643. The number of benzene rings is 5. The summed E-state index contributed by atoms with van der Waals surface area (Å²) in [5, 5.41) is 0.429. The molecule has 47 heavy (non-hydrogen) atoms. The molecule has 0 radical (unpaired) electrons. The molecule has 0 aromatic heterocycles. The van der Waals surface area contributed by atoms with Crippen molar-refractivity contribution < 1.29 is 0 Å². The normalized spacial score (nSPS) is 20.6. The summed E-state index contributed by atoms with van der Waals surface area (Å²) in [6.07, 6.45) is 15.0. The molecule has 1 nitrogen and oxygen atoms in total. The molecule has 0 fully saturated rings. The van der Waals surface area contributed by atoms with Crippen LogP contribution in [0, 0.1) is 0 Å². The number of nitrogens with zero attached hydrogens (tertiary/aromatic N) is 1. The minimum atomic E-state index is 0.429. The highest BCUT2D eigenvalue weighted by atomic mass is 32.2. The fraction of sp³-hybridized carbons (Fsp3) is 0.114. The van der Waals surface area contributed by atoms with Crippen LogP contribution in [0.25, 0.3) is 22.3 Å². The fourth-order valence-electron chi connectivity index (χ4n) is 7.27. The Hall–Kier alpha value is -4.57. The number of hydrogen-bond donors (Lipinski definition) is 0. The van der Waals surface area contributed by atoms with E-state index in [1.807, 2.05) is 23.5 Å². The lowest BCUT2D eigenvalue weighted by Gasteiger charge is -2.19. The lowest BCUT2D eigenvalue weighted by molar-refractivity contribution is 0.837. The highest BCUT2D eigenvalue weighted by Gasteiger charge is 2.32. The summed E-state index contributed by atoms with van der Waals surface area (Å²) in [5.41, 5.74) is 12.4. The van der Waals surface area contributed by atoms with Crippen LogP contribution in [0.3, 0.4) is 0 Å². The quantitative estimate of drug-likeness (QED) is 0.171. The van der Waals surface area contributed by atoms with Gasteiger partial charge in [0.2, 0.25) is 0 Å². The Labute approximate surface area is 285 Å². The molecule has 3 heteroatoms. The maximum Gasteiger partial charge on any atom is 0.0723 e. The minimum absolute atomic E-state index is 0.429. The van der Waals surface area contributed by atoms with Crippen LogP contribution < -0.4 is 0 Å². The lowest BCUT2D eigenvalue weighted by Crippen LogP contribution is -2.11. The fourth-order valence-corrected chi connectivity index (χ4v) is 9.97. The third kappa shape index (κ3) is 5.48. The van der Waals surface area contributed by atoms with Gasteiger partial charge in [0.15, 0.2) is 0 Å². The van der Waals surface area contributed by atoms with E-state index in [0.29, 0.717) is 23.6 Å². The van der Waals surface area contributed by atoms with Crippen LogP contribution in [0.2, 0.25) is 0 Å². The Morgan fingerprint density at radius 2 is 1.43 bits per heavy atom. The predicted molar refractivity (Wildman–Crippen MR) is 201 cm³/mol. The minimum Gasteiger partial charge on any atom is -0.279 e. The molecule has 5 aromatic carbocycles. The van der Waals surface area contributed by atoms with E-state index in [4.69, 9.17) is 4.99 Å². The molecule has 5 aromatic rings. The second-order valence-electron chi connectivity index (χ2n) is 12.6. The molecule has 2 aliphatic heterocycles. The van der Waals surface area contributed by atoms with Gasteiger partial charge in [0, 0.05) is 38.0 Å². The third-order valence-electron chi connectivity index (χ3n) is 9.63. The summed E-state index contributed by atoms with van der Waals surface area (Å²) < 4.78 is 0. The van der Waals surface area contributed by atoms with E-state index in [1.54, 1.807) is 0 Å². The zero-order valence-corrected chi connectivity index (χ0v) is 27.6. The topological polar surface area (TPSA) is 12.4 Å². The molecule has 2 heterocycles. The number of rotatable bonds is 6. The Morgan fingerprint density at radius 3 is 2.21 bits per heavy atom. The molecule has 0 saturated carbocycles. The van der Waals surface area contributed by atoms with Crippen LogP contribution in [-0.4, -0.2) is 17.5 Å². The summed E-state index contributed by atoms with van der Waals surface area (Å²) in [4.78, 5) is 9.71. The van der Waals surface area contributed by atoms with Crippen molar-refractivity contribution >= 4 is 29.2 Å². The molecule has 0 spiro atoms. The van der Waals surface area contributed by atoms with Gasteiger partial charge in [-0.05, 0) is 80.6 Å². The van der Waals surface area contributed by atoms with Gasteiger partial charge in [-0.1, -0.05) is 139 Å². The summed E-state index contributed by atoms with van der Waals surface area (Å²) >= 11 is 3.91. The van der Waals surface area contributed by atoms with Crippen molar-refractivity contribution in [2.45, 2.75) is 33.3 Å². The molecule has 0 bridgehead atoms. The molecule has 3 unspecified atom stereocenters. The average Bonchev–Trinajstić information content (AvgIpc) is 3.70. The highest BCUT2D eigenvalue weighted by Crippen LogP contribution is 2.52. The molecule has 3 atom stereocenters. The molecule has 2 aliphatic carbocycles. The van der Waals surface area contributed by atoms with Gasteiger partial charge in [0.25, 0.3) is 0 Å². The number of allylic oxidation sites excluding steroid dienone is 5. The number of thioether (sulfide) groups is 2. The average molecular weight is 640 g/mol. The van der Waals surface area contributed by atoms with Crippen LogP contribution in [0.1, 0.15) is 40.5 Å². The Morgan fingerprint density at radius 1 is 0.681 bits per heavy atom. The molecule has 226 valence electrons. The maximum absolute atomic E-state index is 5.49. The van der Waals surface area contributed by atoms with Gasteiger partial charge in [-0.2, -0.15) is 0 Å². The standard InChI is InChI=1S/C44H33NS2/c1-3-11-30(12-4-1)33-24-34(31-13-5-2-6-14-31)26-35(25-33)44(32-20-22-39-37-16-8-10-18-41(37)47-43(39)27-32)45-28-29-19-21-38-36-15-7-9-17-40(36)46-42(38)23-29/h1-15,17-27,37-38,42H,16,28H2. The first-order chi connectivity index (χ1) is 23.3. The predicted octanol–water partition coefficient (Wildman–Crippen LogP) is 11.6. The van der Waals surface area contributed by atoms with Crippen molar-refractivity contribution in [2.75, 3.05) is 6.54 Å². The maximum atomic E-state index is 5.49. The molecule has 0 saturated heterocycles. The Bertz CT molecular complexity index is 2090. The van der Waals surface area contributed by atoms with Gasteiger partial charge in [0.1, 0.15) is 0 Å². The first kappa shape index (κ1) is 28.6. The van der Waals surface area contributed by atoms with Crippen molar-refractivity contribution in [3.8, 4) is 22.3 Å². The monoisotopic (exact) mass is 639 g/mol. The summed E-state index contributed by atoms with van der Waals surface area (Å²) in [7, 11) is 0.